The van der Waals surface area contributed by atoms with E-state index in [0.717, 1.165) is 26.1 Å². The zero-order chi connectivity index (χ0) is 19.7. The number of hydrogen-bond donors (Lipinski definition) is 1. The highest BCUT2D eigenvalue weighted by Gasteiger charge is 2.37. The zero-order valence-corrected chi connectivity index (χ0v) is 17.6. The monoisotopic (exact) mass is 437 g/mol. The lowest BCUT2D eigenvalue weighted by atomic mass is 10.1. The fourth-order valence-corrected chi connectivity index (χ4v) is 4.97. The number of carbonyl (C=O) groups excluding carboxylic acids is 2. The minimum atomic E-state index is -0.640. The normalized spacial score (nSPS) is 19.7. The summed E-state index contributed by atoms with van der Waals surface area (Å²) in [5.74, 6) is -1.02. The van der Waals surface area contributed by atoms with Crippen LogP contribution in [0.1, 0.15) is 16.9 Å². The second kappa shape index (κ2) is 8.41. The molecule has 5 nitrogen and oxygen atoms in total. The lowest BCUT2D eigenvalue weighted by molar-refractivity contribution is -0.132. The first-order valence-corrected chi connectivity index (χ1v) is 11.0. The van der Waals surface area contributed by atoms with E-state index in [-0.39, 0.29) is 11.8 Å². The molecule has 3 heterocycles. The highest BCUT2D eigenvalue weighted by molar-refractivity contribution is 7.10. The Bertz CT molecular complexity index is 901. The van der Waals surface area contributed by atoms with Gasteiger partial charge < -0.3 is 10.2 Å². The number of amides is 2. The predicted octanol–water partition coefficient (Wildman–Crippen LogP) is 3.58. The van der Waals surface area contributed by atoms with E-state index in [1.54, 1.807) is 23.1 Å². The van der Waals surface area contributed by atoms with E-state index in [2.05, 4.69) is 21.7 Å². The van der Waals surface area contributed by atoms with Gasteiger partial charge in [-0.2, -0.15) is 0 Å². The molecule has 1 aromatic carbocycles. The van der Waals surface area contributed by atoms with Gasteiger partial charge >= 0.3 is 0 Å². The predicted molar refractivity (Wildman–Crippen MR) is 113 cm³/mol. The Kier molecular flexibility index (Phi) is 5.92. The number of anilines is 1. The smallest absolute Gasteiger partial charge is 0.239 e. The van der Waals surface area contributed by atoms with E-state index < -0.39 is 5.92 Å². The Labute approximate surface area is 178 Å². The van der Waals surface area contributed by atoms with E-state index in [4.69, 9.17) is 23.2 Å². The summed E-state index contributed by atoms with van der Waals surface area (Å²) < 4.78 is 0. The second-order valence-electron chi connectivity index (χ2n) is 7.12. The molecule has 0 saturated carbocycles. The highest BCUT2D eigenvalue weighted by atomic mass is 35.5. The summed E-state index contributed by atoms with van der Waals surface area (Å²) in [6, 6.07) is 7.26. The van der Waals surface area contributed by atoms with Gasteiger partial charge in [-0.05, 0) is 48.1 Å². The molecule has 1 aromatic heterocycles. The van der Waals surface area contributed by atoms with Crippen LogP contribution in [0, 0.1) is 5.92 Å². The van der Waals surface area contributed by atoms with Crippen molar-refractivity contribution in [2.45, 2.75) is 19.4 Å². The van der Waals surface area contributed by atoms with E-state index in [0.29, 0.717) is 35.2 Å². The van der Waals surface area contributed by atoms with Crippen molar-refractivity contribution in [3.05, 3.63) is 50.1 Å². The Morgan fingerprint density at radius 3 is 2.89 bits per heavy atom. The van der Waals surface area contributed by atoms with Crippen LogP contribution in [0.15, 0.2) is 29.6 Å². The summed E-state index contributed by atoms with van der Waals surface area (Å²) in [5.41, 5.74) is 2.07. The third-order valence-electron chi connectivity index (χ3n) is 5.35. The molecule has 1 fully saturated rings. The van der Waals surface area contributed by atoms with Crippen LogP contribution >= 0.6 is 34.5 Å². The number of halogens is 2. The molecular formula is C20H21Cl2N3O2S. The molecule has 0 spiro atoms. The van der Waals surface area contributed by atoms with Crippen LogP contribution in [0.4, 0.5) is 5.69 Å². The largest absolute Gasteiger partial charge is 0.354 e. The number of fused-ring (bicyclic) bond motifs is 1. The third-order valence-corrected chi connectivity index (χ3v) is 7.11. The summed E-state index contributed by atoms with van der Waals surface area (Å²) in [7, 11) is 0. The molecule has 0 bridgehead atoms. The van der Waals surface area contributed by atoms with Crippen LogP contribution in [0.25, 0.3) is 0 Å². The molecule has 4 rings (SSSR count). The number of benzene rings is 1. The van der Waals surface area contributed by atoms with Crippen molar-refractivity contribution in [3.8, 4) is 0 Å². The molecule has 148 valence electrons. The summed E-state index contributed by atoms with van der Waals surface area (Å²) in [6.07, 6.45) is 1.58. The minimum Gasteiger partial charge on any atom is -0.354 e. The zero-order valence-electron chi connectivity index (χ0n) is 15.3. The van der Waals surface area contributed by atoms with Gasteiger partial charge in [0.1, 0.15) is 5.92 Å². The molecule has 2 aliphatic heterocycles. The maximum atomic E-state index is 12.7. The lowest BCUT2D eigenvalue weighted by Gasteiger charge is -2.26. The standard InChI is InChI=1S/C20H21Cl2N3O2S/c21-16-2-1-14(11-17(16)22)25-8-3-15(20(25)27)19(26)23-6-9-24-7-4-18-13(12-24)5-10-28-18/h1-2,5,10-11,15H,3-4,6-9,12H2,(H,23,26). The van der Waals surface area contributed by atoms with E-state index >= 15 is 0 Å². The van der Waals surface area contributed by atoms with Crippen molar-refractivity contribution in [1.29, 1.82) is 0 Å². The van der Waals surface area contributed by atoms with Crippen LogP contribution in [-0.4, -0.2) is 42.9 Å². The average Bonchev–Trinajstić information content (AvgIpc) is 3.30. The van der Waals surface area contributed by atoms with Gasteiger partial charge in [0.15, 0.2) is 0 Å². The Morgan fingerprint density at radius 1 is 1.21 bits per heavy atom. The van der Waals surface area contributed by atoms with E-state index in [1.165, 1.54) is 10.4 Å². The average molecular weight is 438 g/mol. The van der Waals surface area contributed by atoms with Gasteiger partial charge in [0.2, 0.25) is 11.8 Å². The molecule has 8 heteroatoms. The topological polar surface area (TPSA) is 52.7 Å². The summed E-state index contributed by atoms with van der Waals surface area (Å²) in [6.45, 7) is 3.79. The maximum Gasteiger partial charge on any atom is 0.239 e. The number of nitrogens with one attached hydrogen (secondary N) is 1. The molecule has 2 amide bonds. The van der Waals surface area contributed by atoms with Gasteiger partial charge in [-0.1, -0.05) is 23.2 Å². The maximum absolute atomic E-state index is 12.7. The molecule has 0 radical (unpaired) electrons. The molecule has 1 N–H and O–H groups in total. The fourth-order valence-electron chi connectivity index (χ4n) is 3.79. The van der Waals surface area contributed by atoms with Crippen molar-refractivity contribution < 1.29 is 9.59 Å². The highest BCUT2D eigenvalue weighted by Crippen LogP contribution is 2.31. The van der Waals surface area contributed by atoms with Crippen molar-refractivity contribution in [2.24, 2.45) is 5.92 Å². The van der Waals surface area contributed by atoms with Crippen molar-refractivity contribution in [2.75, 3.05) is 31.1 Å². The molecule has 1 saturated heterocycles. The number of carbonyl (C=O) groups is 2. The first-order valence-electron chi connectivity index (χ1n) is 9.34. The molecule has 0 aliphatic carbocycles. The first kappa shape index (κ1) is 19.7. The Balaban J connectivity index is 1.28. The molecule has 28 heavy (non-hydrogen) atoms. The lowest BCUT2D eigenvalue weighted by Crippen LogP contribution is -2.41. The SMILES string of the molecule is O=C(NCCN1CCc2sccc2C1)C1CCN(c2ccc(Cl)c(Cl)c2)C1=O. The fraction of sp³-hybridized carbons (Fsp3) is 0.400. The third kappa shape index (κ3) is 4.06. The first-order chi connectivity index (χ1) is 13.5. The summed E-state index contributed by atoms with van der Waals surface area (Å²) >= 11 is 13.8. The molecule has 1 unspecified atom stereocenters. The number of hydrogen-bond acceptors (Lipinski definition) is 4. The Hall–Kier alpha value is -1.60. The summed E-state index contributed by atoms with van der Waals surface area (Å²) in [5, 5.41) is 5.92. The van der Waals surface area contributed by atoms with Gasteiger partial charge in [0, 0.05) is 43.3 Å². The Morgan fingerprint density at radius 2 is 2.07 bits per heavy atom. The summed E-state index contributed by atoms with van der Waals surface area (Å²) in [4.78, 5) is 30.6. The number of rotatable bonds is 5. The van der Waals surface area contributed by atoms with Gasteiger partial charge in [0.05, 0.1) is 10.0 Å². The minimum absolute atomic E-state index is 0.184. The van der Waals surface area contributed by atoms with Gasteiger partial charge in [-0.15, -0.1) is 11.3 Å². The van der Waals surface area contributed by atoms with Crippen LogP contribution in [0.5, 0.6) is 0 Å². The van der Waals surface area contributed by atoms with Crippen molar-refractivity contribution in [1.82, 2.24) is 10.2 Å². The molecule has 2 aliphatic rings. The van der Waals surface area contributed by atoms with E-state index in [9.17, 15) is 9.59 Å². The number of thiophene rings is 1. The van der Waals surface area contributed by atoms with Crippen molar-refractivity contribution in [3.63, 3.8) is 0 Å². The number of nitrogens with zero attached hydrogens (tertiary/aromatic N) is 2. The quantitative estimate of drug-likeness (QED) is 0.727. The van der Waals surface area contributed by atoms with Gasteiger partial charge in [0.25, 0.3) is 0 Å². The molecular weight excluding hydrogens is 417 g/mol. The van der Waals surface area contributed by atoms with Crippen LogP contribution in [0.2, 0.25) is 10.0 Å². The van der Waals surface area contributed by atoms with Crippen LogP contribution in [-0.2, 0) is 22.6 Å². The second-order valence-corrected chi connectivity index (χ2v) is 8.93. The van der Waals surface area contributed by atoms with Gasteiger partial charge in [-0.25, -0.2) is 0 Å². The molecule has 2 aromatic rings. The van der Waals surface area contributed by atoms with Crippen molar-refractivity contribution >= 4 is 52.0 Å². The molecule has 1 atom stereocenters. The van der Waals surface area contributed by atoms with E-state index in [1.807, 2.05) is 11.3 Å². The van der Waals surface area contributed by atoms with Gasteiger partial charge in [-0.3, -0.25) is 14.5 Å². The van der Waals surface area contributed by atoms with Crippen LogP contribution in [0.3, 0.4) is 0 Å². The van der Waals surface area contributed by atoms with Crippen LogP contribution < -0.4 is 10.2 Å².